The Morgan fingerprint density at radius 2 is 1.92 bits per heavy atom. The third-order valence-corrected chi connectivity index (χ3v) is 4.84. The molecule has 1 aliphatic rings. The molecule has 8 nitrogen and oxygen atoms in total. The Bertz CT molecular complexity index is 743. The number of aromatic nitrogens is 4. The molecule has 3 rings (SSSR count). The molecule has 1 unspecified atom stereocenters. The van der Waals surface area contributed by atoms with E-state index in [0.29, 0.717) is 17.9 Å². The minimum atomic E-state index is 0.228. The van der Waals surface area contributed by atoms with E-state index >= 15 is 0 Å². The summed E-state index contributed by atoms with van der Waals surface area (Å²) in [6, 6.07) is 2.40. The molecule has 3 heterocycles. The molecule has 8 heteroatoms. The number of aryl methyl sites for hydroxylation is 1. The van der Waals surface area contributed by atoms with Crippen LogP contribution in [0, 0.1) is 6.92 Å². The summed E-state index contributed by atoms with van der Waals surface area (Å²) in [4.78, 5) is 20.2. The Morgan fingerprint density at radius 1 is 1.15 bits per heavy atom. The summed E-state index contributed by atoms with van der Waals surface area (Å²) in [7, 11) is 5.86. The second-order valence-electron chi connectivity index (χ2n) is 7.48. The van der Waals surface area contributed by atoms with Crippen molar-refractivity contribution in [2.24, 2.45) is 0 Å². The number of anilines is 3. The van der Waals surface area contributed by atoms with E-state index in [9.17, 15) is 0 Å². The molecule has 0 saturated carbocycles. The maximum Gasteiger partial charge on any atom is 0.265 e. The van der Waals surface area contributed by atoms with Gasteiger partial charge in [-0.3, -0.25) is 0 Å². The molecule has 0 amide bonds. The standard InChI is InChI=1S/C18H29N7O/c1-12(2)24(6)17-19-13(3)10-15(20-17)25-9-7-8-14(11-25)16-21-18(22-26-16)23(4)5/h10,12,14H,7-9,11H2,1-6H3. The van der Waals surface area contributed by atoms with Gasteiger partial charge in [0.2, 0.25) is 11.8 Å². The monoisotopic (exact) mass is 359 g/mol. The first-order valence-corrected chi connectivity index (χ1v) is 9.19. The molecular formula is C18H29N7O. The van der Waals surface area contributed by atoms with Crippen LogP contribution in [0.5, 0.6) is 0 Å². The fourth-order valence-corrected chi connectivity index (χ4v) is 3.05. The van der Waals surface area contributed by atoms with E-state index in [1.54, 1.807) is 0 Å². The first-order chi connectivity index (χ1) is 12.3. The molecule has 1 saturated heterocycles. The largest absolute Gasteiger partial charge is 0.356 e. The van der Waals surface area contributed by atoms with Crippen molar-refractivity contribution in [1.82, 2.24) is 20.1 Å². The summed E-state index contributed by atoms with van der Waals surface area (Å²) >= 11 is 0. The van der Waals surface area contributed by atoms with Gasteiger partial charge < -0.3 is 19.2 Å². The van der Waals surface area contributed by atoms with Gasteiger partial charge in [0.25, 0.3) is 5.95 Å². The van der Waals surface area contributed by atoms with Gasteiger partial charge in [0.1, 0.15) is 5.82 Å². The average molecular weight is 359 g/mol. The molecule has 26 heavy (non-hydrogen) atoms. The molecule has 0 aliphatic carbocycles. The third-order valence-electron chi connectivity index (χ3n) is 4.84. The summed E-state index contributed by atoms with van der Waals surface area (Å²) in [6.45, 7) is 8.11. The van der Waals surface area contributed by atoms with Gasteiger partial charge >= 0.3 is 0 Å². The molecular weight excluding hydrogens is 330 g/mol. The quantitative estimate of drug-likeness (QED) is 0.806. The highest BCUT2D eigenvalue weighted by Crippen LogP contribution is 2.30. The number of piperidine rings is 1. The van der Waals surface area contributed by atoms with Gasteiger partial charge in [0, 0.05) is 52.0 Å². The average Bonchev–Trinajstić information content (AvgIpc) is 3.11. The van der Waals surface area contributed by atoms with Gasteiger partial charge in [-0.2, -0.15) is 9.97 Å². The van der Waals surface area contributed by atoms with E-state index in [-0.39, 0.29) is 5.92 Å². The van der Waals surface area contributed by atoms with Crippen molar-refractivity contribution in [3.63, 3.8) is 0 Å². The molecule has 2 aromatic rings. The van der Waals surface area contributed by atoms with Gasteiger partial charge in [-0.15, -0.1) is 0 Å². The topological polar surface area (TPSA) is 74.4 Å². The predicted molar refractivity (Wildman–Crippen MR) is 103 cm³/mol. The summed E-state index contributed by atoms with van der Waals surface area (Å²) < 4.78 is 5.50. The van der Waals surface area contributed by atoms with Gasteiger partial charge in [0.15, 0.2) is 0 Å². The maximum absolute atomic E-state index is 5.50. The second kappa shape index (κ2) is 7.47. The number of rotatable bonds is 5. The summed E-state index contributed by atoms with van der Waals surface area (Å²) in [5, 5.41) is 4.05. The van der Waals surface area contributed by atoms with E-state index in [2.05, 4.69) is 44.8 Å². The van der Waals surface area contributed by atoms with Crippen LogP contribution in [0.4, 0.5) is 17.7 Å². The highest BCUT2D eigenvalue weighted by atomic mass is 16.5. The van der Waals surface area contributed by atoms with Crippen LogP contribution in [0.2, 0.25) is 0 Å². The zero-order valence-electron chi connectivity index (χ0n) is 16.6. The molecule has 0 bridgehead atoms. The summed E-state index contributed by atoms with van der Waals surface area (Å²) in [5.74, 6) is 3.30. The maximum atomic E-state index is 5.50. The van der Waals surface area contributed by atoms with E-state index in [0.717, 1.165) is 43.4 Å². The zero-order valence-corrected chi connectivity index (χ0v) is 16.6. The third kappa shape index (κ3) is 3.89. The summed E-state index contributed by atoms with van der Waals surface area (Å²) in [5.41, 5.74) is 0.979. The van der Waals surface area contributed by atoms with Crippen LogP contribution in [-0.4, -0.2) is 60.4 Å². The van der Waals surface area contributed by atoms with Gasteiger partial charge in [-0.05, 0) is 38.8 Å². The molecule has 2 aromatic heterocycles. The molecule has 0 aromatic carbocycles. The fourth-order valence-electron chi connectivity index (χ4n) is 3.05. The molecule has 0 radical (unpaired) electrons. The normalized spacial score (nSPS) is 17.7. The molecule has 0 spiro atoms. The van der Waals surface area contributed by atoms with E-state index in [4.69, 9.17) is 9.51 Å². The van der Waals surface area contributed by atoms with Crippen LogP contribution in [0.3, 0.4) is 0 Å². The SMILES string of the molecule is Cc1cc(N2CCCC(c3nc(N(C)C)no3)C2)nc(N(C)C(C)C)n1. The number of hydrogen-bond acceptors (Lipinski definition) is 8. The Morgan fingerprint density at radius 3 is 2.58 bits per heavy atom. The van der Waals surface area contributed by atoms with Crippen LogP contribution >= 0.6 is 0 Å². The lowest BCUT2D eigenvalue weighted by molar-refractivity contribution is 0.332. The lowest BCUT2D eigenvalue weighted by Crippen LogP contribution is -2.36. The summed E-state index contributed by atoms with van der Waals surface area (Å²) in [6.07, 6.45) is 2.12. The van der Waals surface area contributed by atoms with Crippen molar-refractivity contribution < 1.29 is 4.52 Å². The molecule has 1 aliphatic heterocycles. The Kier molecular flexibility index (Phi) is 5.29. The Balaban J connectivity index is 1.80. The lowest BCUT2D eigenvalue weighted by atomic mass is 9.98. The van der Waals surface area contributed by atoms with Crippen molar-refractivity contribution in [1.29, 1.82) is 0 Å². The smallest absolute Gasteiger partial charge is 0.265 e. The first kappa shape index (κ1) is 18.4. The highest BCUT2D eigenvalue weighted by molar-refractivity contribution is 5.46. The van der Waals surface area contributed by atoms with Crippen molar-refractivity contribution in [2.75, 3.05) is 48.9 Å². The number of nitrogens with zero attached hydrogens (tertiary/aromatic N) is 7. The van der Waals surface area contributed by atoms with Gasteiger partial charge in [-0.1, -0.05) is 0 Å². The molecule has 0 N–H and O–H groups in total. The van der Waals surface area contributed by atoms with Gasteiger partial charge in [-0.25, -0.2) is 4.98 Å². The predicted octanol–water partition coefficient (Wildman–Crippen LogP) is 2.46. The zero-order chi connectivity index (χ0) is 18.8. The Hall–Kier alpha value is -2.38. The van der Waals surface area contributed by atoms with Crippen LogP contribution in [0.1, 0.15) is 44.2 Å². The van der Waals surface area contributed by atoms with Crippen molar-refractivity contribution in [3.05, 3.63) is 17.7 Å². The van der Waals surface area contributed by atoms with Gasteiger partial charge in [0.05, 0.1) is 5.92 Å². The van der Waals surface area contributed by atoms with E-state index < -0.39 is 0 Å². The first-order valence-electron chi connectivity index (χ1n) is 9.19. The van der Waals surface area contributed by atoms with Crippen LogP contribution < -0.4 is 14.7 Å². The minimum Gasteiger partial charge on any atom is -0.356 e. The fraction of sp³-hybridized carbons (Fsp3) is 0.667. The van der Waals surface area contributed by atoms with Crippen molar-refractivity contribution >= 4 is 17.7 Å². The minimum absolute atomic E-state index is 0.228. The molecule has 142 valence electrons. The van der Waals surface area contributed by atoms with Crippen molar-refractivity contribution in [2.45, 2.75) is 45.6 Å². The van der Waals surface area contributed by atoms with Crippen LogP contribution in [0.15, 0.2) is 10.6 Å². The molecule has 1 fully saturated rings. The van der Waals surface area contributed by atoms with E-state index in [1.165, 1.54) is 0 Å². The lowest BCUT2D eigenvalue weighted by Gasteiger charge is -2.32. The Labute approximate surface area is 155 Å². The highest BCUT2D eigenvalue weighted by Gasteiger charge is 2.27. The molecule has 1 atom stereocenters. The van der Waals surface area contributed by atoms with Crippen LogP contribution in [-0.2, 0) is 0 Å². The van der Waals surface area contributed by atoms with E-state index in [1.807, 2.05) is 33.0 Å². The second-order valence-corrected chi connectivity index (χ2v) is 7.48. The number of hydrogen-bond donors (Lipinski definition) is 0. The van der Waals surface area contributed by atoms with Crippen LogP contribution in [0.25, 0.3) is 0 Å². The van der Waals surface area contributed by atoms with Crippen molar-refractivity contribution in [3.8, 4) is 0 Å².